The summed E-state index contributed by atoms with van der Waals surface area (Å²) in [6.07, 6.45) is 0. The first-order valence-electron chi connectivity index (χ1n) is 6.59. The molecule has 3 aromatic rings. The van der Waals surface area contributed by atoms with Crippen LogP contribution in [0.25, 0.3) is 10.8 Å². The van der Waals surface area contributed by atoms with Gasteiger partial charge in [0.25, 0.3) is 0 Å². The van der Waals surface area contributed by atoms with E-state index in [9.17, 15) is 9.90 Å². The first kappa shape index (κ1) is 17.7. The van der Waals surface area contributed by atoms with Crippen LogP contribution in [0.1, 0.15) is 10.4 Å². The van der Waals surface area contributed by atoms with Gasteiger partial charge in [-0.25, -0.2) is 4.79 Å². The number of nitrogens with zero attached hydrogens (tertiary/aromatic N) is 2. The molecule has 0 unspecified atom stereocenters. The molecule has 0 spiro atoms. The van der Waals surface area contributed by atoms with Crippen molar-refractivity contribution in [1.29, 1.82) is 0 Å². The quantitative estimate of drug-likeness (QED) is 0.510. The van der Waals surface area contributed by atoms with Crippen LogP contribution >= 0.6 is 0 Å². The zero-order chi connectivity index (χ0) is 15.5. The molecule has 3 aromatic carbocycles. The van der Waals surface area contributed by atoms with Gasteiger partial charge in [-0.05, 0) is 23.6 Å². The van der Waals surface area contributed by atoms with E-state index in [1.54, 1.807) is 48.5 Å². The van der Waals surface area contributed by atoms with E-state index in [2.05, 4.69) is 10.2 Å². The Morgan fingerprint density at radius 3 is 2.30 bits per heavy atom. The fourth-order valence-electron chi connectivity index (χ4n) is 2.17. The summed E-state index contributed by atoms with van der Waals surface area (Å²) in [6.45, 7) is 0. The first-order valence-corrected chi connectivity index (χ1v) is 6.59. The Kier molecular flexibility index (Phi) is 5.98. The average molecular weight is 429 g/mol. The smallest absolute Gasteiger partial charge is 0.870 e. The van der Waals surface area contributed by atoms with Crippen molar-refractivity contribution in [3.05, 3.63) is 66.2 Å². The Morgan fingerprint density at radius 2 is 1.61 bits per heavy atom. The molecular formula is C17H11BaN2O3+. The fourth-order valence-corrected chi connectivity index (χ4v) is 2.17. The maximum absolute atomic E-state index is 12.3. The van der Waals surface area contributed by atoms with Crippen molar-refractivity contribution in [2.75, 3.05) is 0 Å². The van der Waals surface area contributed by atoms with E-state index in [-0.39, 0.29) is 60.1 Å². The third-order valence-electron chi connectivity index (χ3n) is 3.23. The molecule has 23 heavy (non-hydrogen) atoms. The SMILES string of the molecule is O=C(O)c1cc2ccccc2c(N=Nc2ccccc2)c1[O-].[Ba+2]. The van der Waals surface area contributed by atoms with Crippen molar-refractivity contribution >= 4 is 77.0 Å². The number of hydrogen-bond donors (Lipinski definition) is 1. The van der Waals surface area contributed by atoms with E-state index >= 15 is 0 Å². The molecule has 0 amide bonds. The Morgan fingerprint density at radius 1 is 0.957 bits per heavy atom. The minimum Gasteiger partial charge on any atom is -0.870 e. The standard InChI is InChI=1S/C17H12N2O3.Ba/c20-16-14(17(21)22)10-11-6-4-5-9-13(11)15(16)19-18-12-7-2-1-3-8-12;/h1-10,20H,(H,21,22);/q;+2/p-1. The van der Waals surface area contributed by atoms with Crippen LogP contribution in [0.4, 0.5) is 11.4 Å². The molecule has 5 nitrogen and oxygen atoms in total. The minimum absolute atomic E-state index is 0. The molecular weight excluding hydrogens is 418 g/mol. The number of benzene rings is 3. The van der Waals surface area contributed by atoms with Crippen LogP contribution in [0.15, 0.2) is 70.9 Å². The summed E-state index contributed by atoms with van der Waals surface area (Å²) in [4.78, 5) is 11.2. The van der Waals surface area contributed by atoms with Crippen LogP contribution in [0.3, 0.4) is 0 Å². The van der Waals surface area contributed by atoms with Crippen LogP contribution in [-0.2, 0) is 0 Å². The molecule has 0 aromatic heterocycles. The molecule has 6 heteroatoms. The maximum Gasteiger partial charge on any atom is 2.00 e. The summed E-state index contributed by atoms with van der Waals surface area (Å²) in [5.41, 5.74) is 0.326. The molecule has 3 rings (SSSR count). The largest absolute Gasteiger partial charge is 2.00 e. The van der Waals surface area contributed by atoms with Gasteiger partial charge in [-0.1, -0.05) is 48.2 Å². The van der Waals surface area contributed by atoms with Gasteiger partial charge >= 0.3 is 54.9 Å². The number of rotatable bonds is 3. The van der Waals surface area contributed by atoms with Crippen LogP contribution < -0.4 is 5.11 Å². The van der Waals surface area contributed by atoms with Crippen LogP contribution in [0, 0.1) is 0 Å². The van der Waals surface area contributed by atoms with Crippen molar-refractivity contribution in [1.82, 2.24) is 0 Å². The number of carbonyl (C=O) groups is 1. The van der Waals surface area contributed by atoms with E-state index in [1.807, 2.05) is 6.07 Å². The number of hydrogen-bond acceptors (Lipinski definition) is 4. The van der Waals surface area contributed by atoms with Gasteiger partial charge in [0, 0.05) is 5.39 Å². The molecule has 0 bridgehead atoms. The summed E-state index contributed by atoms with van der Waals surface area (Å²) in [5, 5.41) is 30.7. The molecule has 0 saturated heterocycles. The number of azo groups is 1. The summed E-state index contributed by atoms with van der Waals surface area (Å²) >= 11 is 0. The van der Waals surface area contributed by atoms with E-state index in [0.29, 0.717) is 16.5 Å². The van der Waals surface area contributed by atoms with Crippen LogP contribution in [0.5, 0.6) is 5.75 Å². The number of fused-ring (bicyclic) bond motifs is 1. The Balaban J connectivity index is 0.00000192. The molecule has 0 heterocycles. The van der Waals surface area contributed by atoms with Gasteiger partial charge in [0.05, 0.1) is 16.9 Å². The van der Waals surface area contributed by atoms with Gasteiger partial charge in [-0.15, -0.1) is 0 Å². The zero-order valence-electron chi connectivity index (χ0n) is 12.1. The predicted octanol–water partition coefficient (Wildman–Crippen LogP) is 3.65. The van der Waals surface area contributed by atoms with E-state index < -0.39 is 11.7 Å². The maximum atomic E-state index is 12.3. The monoisotopic (exact) mass is 429 g/mol. The molecule has 0 radical (unpaired) electrons. The van der Waals surface area contributed by atoms with E-state index in [0.717, 1.165) is 0 Å². The Labute approximate surface area is 172 Å². The summed E-state index contributed by atoms with van der Waals surface area (Å²) < 4.78 is 0. The van der Waals surface area contributed by atoms with Crippen molar-refractivity contribution < 1.29 is 15.0 Å². The fraction of sp³-hybridized carbons (Fsp3) is 0. The van der Waals surface area contributed by atoms with E-state index in [1.165, 1.54) is 6.07 Å². The second-order valence-electron chi connectivity index (χ2n) is 4.66. The van der Waals surface area contributed by atoms with Crippen molar-refractivity contribution in [2.45, 2.75) is 0 Å². The van der Waals surface area contributed by atoms with Gasteiger partial charge in [-0.2, -0.15) is 10.2 Å². The molecule has 0 saturated carbocycles. The van der Waals surface area contributed by atoms with Crippen molar-refractivity contribution in [2.24, 2.45) is 10.2 Å². The van der Waals surface area contributed by atoms with Crippen LogP contribution in [-0.4, -0.2) is 60.0 Å². The third kappa shape index (κ3) is 3.83. The molecule has 0 atom stereocenters. The van der Waals surface area contributed by atoms with Gasteiger partial charge < -0.3 is 10.2 Å². The summed E-state index contributed by atoms with van der Waals surface area (Å²) in [7, 11) is 0. The Hall–Kier alpha value is -1.64. The second kappa shape index (κ2) is 7.76. The molecule has 0 fully saturated rings. The summed E-state index contributed by atoms with van der Waals surface area (Å²) in [6, 6.07) is 17.3. The van der Waals surface area contributed by atoms with Crippen molar-refractivity contribution in [3.8, 4) is 5.75 Å². The van der Waals surface area contributed by atoms with Gasteiger partial charge in [0.15, 0.2) is 0 Å². The molecule has 1 N–H and O–H groups in total. The second-order valence-corrected chi connectivity index (χ2v) is 4.66. The molecule has 108 valence electrons. The topological polar surface area (TPSA) is 85.1 Å². The van der Waals surface area contributed by atoms with Gasteiger partial charge in [0.2, 0.25) is 0 Å². The number of carboxylic acids is 1. The van der Waals surface area contributed by atoms with E-state index in [4.69, 9.17) is 5.11 Å². The van der Waals surface area contributed by atoms with Gasteiger partial charge in [-0.3, -0.25) is 0 Å². The minimum atomic E-state index is -1.27. The predicted molar refractivity (Wildman–Crippen MR) is 86.7 cm³/mol. The molecule has 0 aliphatic rings. The average Bonchev–Trinajstić information content (AvgIpc) is 2.54. The number of carboxylic acid groups (broad SMARTS) is 1. The first-order chi connectivity index (χ1) is 10.7. The normalized spacial score (nSPS) is 10.6. The summed E-state index contributed by atoms with van der Waals surface area (Å²) in [5.74, 6) is -1.90. The molecule has 0 aliphatic heterocycles. The number of aromatic carboxylic acids is 1. The van der Waals surface area contributed by atoms with Gasteiger partial charge in [0.1, 0.15) is 0 Å². The zero-order valence-corrected chi connectivity index (χ0v) is 16.6. The third-order valence-corrected chi connectivity index (χ3v) is 3.23. The van der Waals surface area contributed by atoms with Crippen LogP contribution in [0.2, 0.25) is 0 Å². The molecule has 0 aliphatic carbocycles. The Bertz CT molecular complexity index is 880. The van der Waals surface area contributed by atoms with Crippen molar-refractivity contribution in [3.63, 3.8) is 0 Å².